The van der Waals surface area contributed by atoms with Gasteiger partial charge in [-0.3, -0.25) is 0 Å². The van der Waals surface area contributed by atoms with Crippen LogP contribution in [0.5, 0.6) is 11.5 Å². The van der Waals surface area contributed by atoms with Crippen LogP contribution in [0.1, 0.15) is 13.8 Å². The number of hydrogen-bond donors (Lipinski definition) is 3. The molecule has 17 heavy (non-hydrogen) atoms. The Balaban J connectivity index is 2.17. The highest BCUT2D eigenvalue weighted by Crippen LogP contribution is 2.36. The third-order valence-electron chi connectivity index (χ3n) is 2.43. The first-order chi connectivity index (χ1) is 7.96. The Bertz CT molecular complexity index is 413. The van der Waals surface area contributed by atoms with E-state index in [9.17, 15) is 5.11 Å². The van der Waals surface area contributed by atoms with Gasteiger partial charge in [-0.1, -0.05) is 0 Å². The highest BCUT2D eigenvalue weighted by molar-refractivity contribution is 5.72. The van der Waals surface area contributed by atoms with Gasteiger partial charge >= 0.3 is 0 Å². The normalized spacial score (nSPS) is 14.5. The van der Waals surface area contributed by atoms with E-state index in [1.807, 2.05) is 0 Å². The Morgan fingerprint density at radius 2 is 1.88 bits per heavy atom. The van der Waals surface area contributed by atoms with Crippen LogP contribution < -0.4 is 20.5 Å². The molecule has 2 rings (SSSR count). The number of nitrogens with two attached hydrogens (primary N) is 1. The monoisotopic (exact) mass is 238 g/mol. The van der Waals surface area contributed by atoms with Crippen molar-refractivity contribution in [2.45, 2.75) is 19.4 Å². The van der Waals surface area contributed by atoms with E-state index in [0.717, 1.165) is 5.69 Å². The van der Waals surface area contributed by atoms with Gasteiger partial charge in [0.05, 0.1) is 17.0 Å². The smallest absolute Gasteiger partial charge is 0.163 e. The molecule has 5 nitrogen and oxygen atoms in total. The number of anilines is 2. The largest absolute Gasteiger partial charge is 0.486 e. The van der Waals surface area contributed by atoms with Crippen LogP contribution in [0.25, 0.3) is 0 Å². The van der Waals surface area contributed by atoms with E-state index in [0.29, 0.717) is 36.9 Å². The number of nitrogens with one attached hydrogen (secondary N) is 1. The molecule has 0 saturated heterocycles. The summed E-state index contributed by atoms with van der Waals surface area (Å²) < 4.78 is 10.9. The van der Waals surface area contributed by atoms with E-state index >= 15 is 0 Å². The number of benzene rings is 1. The second-order valence-electron chi connectivity index (χ2n) is 4.75. The molecule has 0 saturated carbocycles. The first kappa shape index (κ1) is 11.9. The van der Waals surface area contributed by atoms with Gasteiger partial charge in [0, 0.05) is 18.7 Å². The minimum atomic E-state index is -0.792. The molecule has 0 aliphatic carbocycles. The van der Waals surface area contributed by atoms with Crippen LogP contribution in [0, 0.1) is 0 Å². The first-order valence-electron chi connectivity index (χ1n) is 5.61. The lowest BCUT2D eigenvalue weighted by molar-refractivity contribution is 0.0945. The molecule has 0 aromatic heterocycles. The van der Waals surface area contributed by atoms with E-state index in [-0.39, 0.29) is 0 Å². The molecule has 1 aliphatic rings. The summed E-state index contributed by atoms with van der Waals surface area (Å²) in [5.74, 6) is 1.35. The van der Waals surface area contributed by atoms with Crippen molar-refractivity contribution in [2.75, 3.05) is 30.8 Å². The molecule has 4 N–H and O–H groups in total. The molecule has 0 radical (unpaired) electrons. The Hall–Kier alpha value is -1.62. The highest BCUT2D eigenvalue weighted by Gasteiger charge is 2.17. The van der Waals surface area contributed by atoms with E-state index < -0.39 is 5.60 Å². The predicted octanol–water partition coefficient (Wildman–Crippen LogP) is 1.22. The summed E-state index contributed by atoms with van der Waals surface area (Å²) in [6, 6.07) is 3.54. The average Bonchev–Trinajstić information content (AvgIpc) is 2.25. The van der Waals surface area contributed by atoms with Crippen LogP contribution in [-0.4, -0.2) is 30.5 Å². The molecule has 1 aliphatic heterocycles. The first-order valence-corrected chi connectivity index (χ1v) is 5.61. The number of hydrogen-bond acceptors (Lipinski definition) is 5. The third kappa shape index (κ3) is 2.94. The topological polar surface area (TPSA) is 76.7 Å². The standard InChI is InChI=1S/C12H18N2O3/c1-12(2,15)7-14-9-6-11-10(5-8(9)13)16-3-4-17-11/h5-6,14-15H,3-4,7,13H2,1-2H3. The van der Waals surface area contributed by atoms with Crippen LogP contribution in [0.3, 0.4) is 0 Å². The minimum absolute atomic E-state index is 0.414. The molecule has 0 atom stereocenters. The molecule has 0 unspecified atom stereocenters. The quantitative estimate of drug-likeness (QED) is 0.690. The Morgan fingerprint density at radius 1 is 1.29 bits per heavy atom. The Labute approximate surface area is 101 Å². The average molecular weight is 238 g/mol. The number of rotatable bonds is 3. The molecular weight excluding hydrogens is 220 g/mol. The van der Waals surface area contributed by atoms with Crippen molar-refractivity contribution in [3.63, 3.8) is 0 Å². The molecule has 0 spiro atoms. The molecule has 5 heteroatoms. The lowest BCUT2D eigenvalue weighted by Crippen LogP contribution is -2.29. The van der Waals surface area contributed by atoms with Gasteiger partial charge < -0.3 is 25.6 Å². The molecular formula is C12H18N2O3. The maximum atomic E-state index is 9.65. The van der Waals surface area contributed by atoms with Crippen molar-refractivity contribution in [2.24, 2.45) is 0 Å². The SMILES string of the molecule is CC(C)(O)CNc1cc2c(cc1N)OCCO2. The number of nitrogen functional groups attached to an aromatic ring is 1. The highest BCUT2D eigenvalue weighted by atomic mass is 16.6. The van der Waals surface area contributed by atoms with Crippen LogP contribution >= 0.6 is 0 Å². The summed E-state index contributed by atoms with van der Waals surface area (Å²) in [5.41, 5.74) is 6.43. The van der Waals surface area contributed by atoms with Gasteiger partial charge in [-0.05, 0) is 13.8 Å². The van der Waals surface area contributed by atoms with E-state index in [1.165, 1.54) is 0 Å². The van der Waals surface area contributed by atoms with Crippen molar-refractivity contribution in [1.29, 1.82) is 0 Å². The maximum Gasteiger partial charge on any atom is 0.163 e. The second kappa shape index (κ2) is 4.33. The van der Waals surface area contributed by atoms with Gasteiger partial charge in [0.25, 0.3) is 0 Å². The second-order valence-corrected chi connectivity index (χ2v) is 4.75. The van der Waals surface area contributed by atoms with Crippen molar-refractivity contribution >= 4 is 11.4 Å². The lowest BCUT2D eigenvalue weighted by atomic mass is 10.1. The van der Waals surface area contributed by atoms with Crippen LogP contribution in [0.4, 0.5) is 11.4 Å². The van der Waals surface area contributed by atoms with Crippen molar-refractivity contribution in [3.8, 4) is 11.5 Å². The fourth-order valence-corrected chi connectivity index (χ4v) is 1.57. The molecule has 94 valence electrons. The Morgan fingerprint density at radius 3 is 2.47 bits per heavy atom. The van der Waals surface area contributed by atoms with Crippen LogP contribution in [0.2, 0.25) is 0 Å². The molecule has 0 amide bonds. The van der Waals surface area contributed by atoms with Crippen molar-refractivity contribution in [1.82, 2.24) is 0 Å². The number of ether oxygens (including phenoxy) is 2. The molecule has 1 aromatic rings. The summed E-state index contributed by atoms with van der Waals surface area (Å²) in [5, 5.41) is 12.7. The number of aliphatic hydroxyl groups is 1. The fraction of sp³-hybridized carbons (Fsp3) is 0.500. The van der Waals surface area contributed by atoms with Gasteiger partial charge in [0.2, 0.25) is 0 Å². The van der Waals surface area contributed by atoms with Crippen molar-refractivity contribution in [3.05, 3.63) is 12.1 Å². The molecule has 1 aromatic carbocycles. The number of fused-ring (bicyclic) bond motifs is 1. The summed E-state index contributed by atoms with van der Waals surface area (Å²) in [6.45, 7) is 4.96. The molecule has 0 bridgehead atoms. The third-order valence-corrected chi connectivity index (χ3v) is 2.43. The lowest BCUT2D eigenvalue weighted by Gasteiger charge is -2.23. The zero-order chi connectivity index (χ0) is 12.5. The maximum absolute atomic E-state index is 9.65. The fourth-order valence-electron chi connectivity index (χ4n) is 1.57. The Kier molecular flexibility index (Phi) is 3.02. The van der Waals surface area contributed by atoms with Gasteiger partial charge in [0.1, 0.15) is 13.2 Å². The molecule has 1 heterocycles. The summed E-state index contributed by atoms with van der Waals surface area (Å²) in [6.07, 6.45) is 0. The zero-order valence-electron chi connectivity index (χ0n) is 10.1. The van der Waals surface area contributed by atoms with Gasteiger partial charge in [0.15, 0.2) is 11.5 Å². The van der Waals surface area contributed by atoms with Crippen molar-refractivity contribution < 1.29 is 14.6 Å². The van der Waals surface area contributed by atoms with Gasteiger partial charge in [-0.25, -0.2) is 0 Å². The zero-order valence-corrected chi connectivity index (χ0v) is 10.1. The van der Waals surface area contributed by atoms with E-state index in [1.54, 1.807) is 26.0 Å². The van der Waals surface area contributed by atoms with E-state index in [2.05, 4.69) is 5.32 Å². The van der Waals surface area contributed by atoms with Gasteiger partial charge in [-0.2, -0.15) is 0 Å². The molecule has 0 fully saturated rings. The summed E-state index contributed by atoms with van der Waals surface area (Å²) in [7, 11) is 0. The van der Waals surface area contributed by atoms with Crippen LogP contribution in [0.15, 0.2) is 12.1 Å². The van der Waals surface area contributed by atoms with Crippen LogP contribution in [-0.2, 0) is 0 Å². The van der Waals surface area contributed by atoms with E-state index in [4.69, 9.17) is 15.2 Å². The summed E-state index contributed by atoms with van der Waals surface area (Å²) in [4.78, 5) is 0. The predicted molar refractivity (Wildman–Crippen MR) is 66.6 cm³/mol. The minimum Gasteiger partial charge on any atom is -0.486 e. The summed E-state index contributed by atoms with van der Waals surface area (Å²) >= 11 is 0. The van der Waals surface area contributed by atoms with Gasteiger partial charge in [-0.15, -0.1) is 0 Å².